The minimum atomic E-state index is -0.651. The second-order valence-electron chi connectivity index (χ2n) is 4.04. The minimum Gasteiger partial charge on any atom is -0.410 e. The predicted octanol–water partition coefficient (Wildman–Crippen LogP) is 2.69. The number of anilines is 2. The zero-order valence-electron chi connectivity index (χ0n) is 11.0. The zero-order chi connectivity index (χ0) is 14.5. The zero-order valence-corrected chi connectivity index (χ0v) is 11.8. The number of aromatic nitrogens is 1. The second kappa shape index (κ2) is 6.04. The van der Waals surface area contributed by atoms with Crippen LogP contribution in [0.15, 0.2) is 30.3 Å². The third-order valence-electron chi connectivity index (χ3n) is 2.38. The van der Waals surface area contributed by atoms with Gasteiger partial charge in [-0.3, -0.25) is 5.32 Å². The van der Waals surface area contributed by atoms with Gasteiger partial charge in [-0.15, -0.1) is 0 Å². The number of hydrogen-bond donors (Lipinski definition) is 1. The van der Waals surface area contributed by atoms with Crippen molar-refractivity contribution in [1.29, 1.82) is 5.26 Å². The number of carbonyl (C=O) groups is 1. The second-order valence-corrected chi connectivity index (χ2v) is 4.82. The summed E-state index contributed by atoms with van der Waals surface area (Å²) in [5.74, 6) is 0.952. The molecule has 2 rings (SSSR count). The molecule has 0 saturated heterocycles. The number of benzene rings is 1. The van der Waals surface area contributed by atoms with E-state index in [0.29, 0.717) is 22.1 Å². The summed E-state index contributed by atoms with van der Waals surface area (Å²) in [5, 5.41) is 12.0. The molecule has 0 fully saturated rings. The molecule has 0 saturated carbocycles. The van der Waals surface area contributed by atoms with Crippen molar-refractivity contribution in [3.05, 3.63) is 35.9 Å². The van der Waals surface area contributed by atoms with Gasteiger partial charge >= 0.3 is 6.09 Å². The minimum absolute atomic E-state index is 0.324. The number of nitrogens with one attached hydrogen (secondary N) is 1. The van der Waals surface area contributed by atoms with Crippen LogP contribution in [0.4, 0.5) is 15.6 Å². The van der Waals surface area contributed by atoms with Crippen molar-refractivity contribution >= 4 is 28.4 Å². The van der Waals surface area contributed by atoms with Crippen LogP contribution in [0.2, 0.25) is 0 Å². The van der Waals surface area contributed by atoms with Gasteiger partial charge in [-0.2, -0.15) is 9.64 Å². The first-order valence-corrected chi connectivity index (χ1v) is 6.50. The summed E-state index contributed by atoms with van der Waals surface area (Å²) in [7, 11) is 3.56. The number of rotatable bonds is 3. The molecule has 2 aromatic rings. The maximum atomic E-state index is 11.8. The van der Waals surface area contributed by atoms with Gasteiger partial charge in [0.2, 0.25) is 0 Å². The van der Waals surface area contributed by atoms with Crippen LogP contribution in [0, 0.1) is 11.3 Å². The largest absolute Gasteiger partial charge is 0.417 e. The fourth-order valence-electron chi connectivity index (χ4n) is 1.49. The highest BCUT2D eigenvalue weighted by atomic mass is 32.1. The normalized spacial score (nSPS) is 9.65. The number of nitrogens with zero attached hydrogens (tertiary/aromatic N) is 3. The van der Waals surface area contributed by atoms with E-state index in [1.165, 1.54) is 0 Å². The fourth-order valence-corrected chi connectivity index (χ4v) is 2.28. The number of ether oxygens (including phenoxy) is 1. The lowest BCUT2D eigenvalue weighted by atomic mass is 10.3. The van der Waals surface area contributed by atoms with Crippen molar-refractivity contribution in [2.24, 2.45) is 0 Å². The van der Waals surface area contributed by atoms with Gasteiger partial charge in [0, 0.05) is 14.1 Å². The monoisotopic (exact) mass is 288 g/mol. The first-order valence-electron chi connectivity index (χ1n) is 5.73. The molecule has 1 aromatic heterocycles. The number of nitriles is 1. The summed E-state index contributed by atoms with van der Waals surface area (Å²) in [6.07, 6.45) is -0.651. The number of hydrogen-bond acceptors (Lipinski definition) is 6. The fraction of sp³-hybridized carbons (Fsp3) is 0.154. The Bertz CT molecular complexity index is 646. The lowest BCUT2D eigenvalue weighted by molar-refractivity contribution is 0.215. The van der Waals surface area contributed by atoms with Crippen LogP contribution in [-0.4, -0.2) is 24.6 Å². The molecule has 6 nitrogen and oxygen atoms in total. The Hall–Kier alpha value is -2.59. The van der Waals surface area contributed by atoms with Gasteiger partial charge in [0.15, 0.2) is 5.82 Å². The van der Waals surface area contributed by atoms with Crippen LogP contribution in [0.25, 0.3) is 0 Å². The highest BCUT2D eigenvalue weighted by Gasteiger charge is 2.17. The van der Waals surface area contributed by atoms with Crippen LogP contribution in [0.1, 0.15) is 5.56 Å². The number of para-hydroxylation sites is 1. The van der Waals surface area contributed by atoms with Gasteiger partial charge < -0.3 is 9.64 Å². The quantitative estimate of drug-likeness (QED) is 0.939. The van der Waals surface area contributed by atoms with Crippen molar-refractivity contribution in [3.63, 3.8) is 0 Å². The molecular formula is C13H12N4O2S. The standard InChI is InChI=1S/C13H12N4O2S/c1-17(2)11-10(8-14)12(20-16-11)15-13(18)19-9-6-4-3-5-7-9/h3-7H,1-2H3,(H,15,18). The maximum absolute atomic E-state index is 11.8. The van der Waals surface area contributed by atoms with E-state index in [1.54, 1.807) is 43.3 Å². The van der Waals surface area contributed by atoms with Crippen molar-refractivity contribution in [1.82, 2.24) is 4.37 Å². The van der Waals surface area contributed by atoms with Gasteiger partial charge in [-0.05, 0) is 23.7 Å². The molecule has 1 amide bonds. The molecule has 0 aliphatic heterocycles. The Kier molecular flexibility index (Phi) is 4.17. The van der Waals surface area contributed by atoms with Crippen molar-refractivity contribution in [3.8, 4) is 11.8 Å². The molecule has 0 spiro atoms. The molecular weight excluding hydrogens is 276 g/mol. The summed E-state index contributed by atoms with van der Waals surface area (Å²) < 4.78 is 9.21. The molecule has 0 aliphatic rings. The topological polar surface area (TPSA) is 78.2 Å². The van der Waals surface area contributed by atoms with E-state index in [-0.39, 0.29) is 0 Å². The Morgan fingerprint density at radius 2 is 2.10 bits per heavy atom. The Balaban J connectivity index is 2.11. The molecule has 1 heterocycles. The van der Waals surface area contributed by atoms with E-state index in [0.717, 1.165) is 11.5 Å². The summed E-state index contributed by atoms with van der Waals surface area (Å²) in [4.78, 5) is 13.5. The average molecular weight is 288 g/mol. The van der Waals surface area contributed by atoms with Crippen LogP contribution in [0.3, 0.4) is 0 Å². The average Bonchev–Trinajstić information content (AvgIpc) is 2.82. The first-order chi connectivity index (χ1) is 9.61. The van der Waals surface area contributed by atoms with Gasteiger partial charge in [-0.25, -0.2) is 4.79 Å². The van der Waals surface area contributed by atoms with E-state index >= 15 is 0 Å². The highest BCUT2D eigenvalue weighted by Crippen LogP contribution is 2.29. The van der Waals surface area contributed by atoms with E-state index in [4.69, 9.17) is 10.00 Å². The lowest BCUT2D eigenvalue weighted by Gasteiger charge is -2.08. The molecule has 20 heavy (non-hydrogen) atoms. The van der Waals surface area contributed by atoms with E-state index < -0.39 is 6.09 Å². The molecule has 102 valence electrons. The molecule has 0 aliphatic carbocycles. The molecule has 1 N–H and O–H groups in total. The SMILES string of the molecule is CN(C)c1nsc(NC(=O)Oc2ccccc2)c1C#N. The smallest absolute Gasteiger partial charge is 0.410 e. The number of amides is 1. The van der Waals surface area contributed by atoms with Crippen molar-refractivity contribution < 1.29 is 9.53 Å². The summed E-state index contributed by atoms with van der Waals surface area (Å²) in [6, 6.07) is 10.7. The van der Waals surface area contributed by atoms with Crippen LogP contribution < -0.4 is 15.0 Å². The molecule has 0 radical (unpaired) electrons. The van der Waals surface area contributed by atoms with Gasteiger partial charge in [-0.1, -0.05) is 18.2 Å². The molecule has 0 unspecified atom stereocenters. The van der Waals surface area contributed by atoms with E-state index in [9.17, 15) is 4.79 Å². The van der Waals surface area contributed by atoms with Crippen LogP contribution >= 0.6 is 11.5 Å². The molecule has 0 bridgehead atoms. The maximum Gasteiger partial charge on any atom is 0.417 e. The van der Waals surface area contributed by atoms with Crippen molar-refractivity contribution in [2.75, 3.05) is 24.3 Å². The summed E-state index contributed by atoms with van der Waals surface area (Å²) >= 11 is 1.04. The number of carbonyl (C=O) groups excluding carboxylic acids is 1. The Morgan fingerprint density at radius 1 is 1.40 bits per heavy atom. The lowest BCUT2D eigenvalue weighted by Crippen LogP contribution is -2.17. The Morgan fingerprint density at radius 3 is 2.70 bits per heavy atom. The van der Waals surface area contributed by atoms with Gasteiger partial charge in [0.1, 0.15) is 22.4 Å². The Labute approximate surface area is 120 Å². The highest BCUT2D eigenvalue weighted by molar-refractivity contribution is 7.11. The summed E-state index contributed by atoms with van der Waals surface area (Å²) in [5.41, 5.74) is 0.324. The molecule has 0 atom stereocenters. The van der Waals surface area contributed by atoms with Gasteiger partial charge in [0.05, 0.1) is 0 Å². The summed E-state index contributed by atoms with van der Waals surface area (Å²) in [6.45, 7) is 0. The van der Waals surface area contributed by atoms with Gasteiger partial charge in [0.25, 0.3) is 0 Å². The van der Waals surface area contributed by atoms with Crippen LogP contribution in [-0.2, 0) is 0 Å². The third kappa shape index (κ3) is 3.05. The van der Waals surface area contributed by atoms with E-state index in [1.807, 2.05) is 12.1 Å². The van der Waals surface area contributed by atoms with Crippen molar-refractivity contribution in [2.45, 2.75) is 0 Å². The van der Waals surface area contributed by atoms with Crippen LogP contribution in [0.5, 0.6) is 5.75 Å². The van der Waals surface area contributed by atoms with E-state index in [2.05, 4.69) is 9.69 Å². The molecule has 1 aromatic carbocycles. The third-order valence-corrected chi connectivity index (χ3v) is 3.13. The predicted molar refractivity (Wildman–Crippen MR) is 77.2 cm³/mol. The first kappa shape index (κ1) is 13.8. The molecule has 7 heteroatoms.